The number of hydrogen-bond donors (Lipinski definition) is 1. The lowest BCUT2D eigenvalue weighted by Gasteiger charge is -2.05. The molecule has 1 heterocycles. The molecule has 6 nitrogen and oxygen atoms in total. The number of nitrogens with one attached hydrogen (secondary N) is 1. The van der Waals surface area contributed by atoms with E-state index in [1.807, 2.05) is 0 Å². The Hall–Kier alpha value is -2.21. The Kier molecular flexibility index (Phi) is 4.47. The van der Waals surface area contributed by atoms with E-state index < -0.39 is 4.92 Å². The minimum Gasteiger partial charge on any atom is -0.441 e. The van der Waals surface area contributed by atoms with Crippen LogP contribution in [-0.4, -0.2) is 22.5 Å². The standard InChI is InChI=1S/C14H17N3O3/c1-10(2)15-7-6-14-16-9-13(20-14)11-4-3-5-12(8-11)17(18)19/h3-5,8-10,15H,6-7H2,1-2H3. The van der Waals surface area contributed by atoms with Gasteiger partial charge in [0.05, 0.1) is 11.1 Å². The molecule has 0 saturated carbocycles. The van der Waals surface area contributed by atoms with Gasteiger partial charge in [-0.15, -0.1) is 0 Å². The lowest BCUT2D eigenvalue weighted by molar-refractivity contribution is -0.384. The van der Waals surface area contributed by atoms with Crippen LogP contribution in [0.25, 0.3) is 11.3 Å². The Balaban J connectivity index is 2.08. The van der Waals surface area contributed by atoms with Gasteiger partial charge in [0.2, 0.25) is 0 Å². The van der Waals surface area contributed by atoms with E-state index in [-0.39, 0.29) is 5.69 Å². The van der Waals surface area contributed by atoms with Gasteiger partial charge in [-0.1, -0.05) is 26.0 Å². The van der Waals surface area contributed by atoms with E-state index in [0.29, 0.717) is 29.7 Å². The molecule has 1 aromatic heterocycles. The summed E-state index contributed by atoms with van der Waals surface area (Å²) in [5.74, 6) is 1.17. The second-order valence-corrected chi connectivity index (χ2v) is 4.78. The monoisotopic (exact) mass is 275 g/mol. The van der Waals surface area contributed by atoms with Crippen molar-refractivity contribution in [3.63, 3.8) is 0 Å². The summed E-state index contributed by atoms with van der Waals surface area (Å²) in [7, 11) is 0. The fourth-order valence-corrected chi connectivity index (χ4v) is 1.80. The van der Waals surface area contributed by atoms with Gasteiger partial charge in [0, 0.05) is 36.7 Å². The van der Waals surface area contributed by atoms with Crippen LogP contribution in [0.4, 0.5) is 5.69 Å². The molecule has 0 atom stereocenters. The third kappa shape index (κ3) is 3.64. The zero-order valence-corrected chi connectivity index (χ0v) is 11.5. The van der Waals surface area contributed by atoms with Crippen molar-refractivity contribution >= 4 is 5.69 Å². The quantitative estimate of drug-likeness (QED) is 0.647. The van der Waals surface area contributed by atoms with Crippen LogP contribution in [0.1, 0.15) is 19.7 Å². The maximum Gasteiger partial charge on any atom is 0.270 e. The van der Waals surface area contributed by atoms with Crippen LogP contribution in [-0.2, 0) is 6.42 Å². The molecular weight excluding hydrogens is 258 g/mol. The van der Waals surface area contributed by atoms with Crippen LogP contribution >= 0.6 is 0 Å². The fraction of sp³-hybridized carbons (Fsp3) is 0.357. The van der Waals surface area contributed by atoms with Gasteiger partial charge in [-0.25, -0.2) is 4.98 Å². The van der Waals surface area contributed by atoms with Gasteiger partial charge >= 0.3 is 0 Å². The van der Waals surface area contributed by atoms with Crippen LogP contribution in [0.2, 0.25) is 0 Å². The molecule has 0 spiro atoms. The molecule has 0 bridgehead atoms. The first-order chi connectivity index (χ1) is 9.56. The number of benzene rings is 1. The molecule has 1 N–H and O–H groups in total. The first-order valence-corrected chi connectivity index (χ1v) is 6.49. The maximum absolute atomic E-state index is 10.7. The SMILES string of the molecule is CC(C)NCCc1ncc(-c2cccc([N+](=O)[O-])c2)o1. The van der Waals surface area contributed by atoms with E-state index in [1.54, 1.807) is 18.3 Å². The topological polar surface area (TPSA) is 81.2 Å². The largest absolute Gasteiger partial charge is 0.441 e. The molecule has 20 heavy (non-hydrogen) atoms. The first-order valence-electron chi connectivity index (χ1n) is 6.49. The summed E-state index contributed by atoms with van der Waals surface area (Å²) < 4.78 is 5.61. The zero-order chi connectivity index (χ0) is 14.5. The van der Waals surface area contributed by atoms with Gasteiger partial charge in [-0.2, -0.15) is 0 Å². The normalized spacial score (nSPS) is 10.9. The summed E-state index contributed by atoms with van der Waals surface area (Å²) in [5, 5.41) is 14.0. The number of rotatable bonds is 6. The summed E-state index contributed by atoms with van der Waals surface area (Å²) in [6, 6.07) is 6.75. The molecule has 0 aliphatic carbocycles. The first kappa shape index (κ1) is 14.2. The fourth-order valence-electron chi connectivity index (χ4n) is 1.80. The van der Waals surface area contributed by atoms with E-state index in [0.717, 1.165) is 6.54 Å². The van der Waals surface area contributed by atoms with Crippen molar-refractivity contribution < 1.29 is 9.34 Å². The number of oxazole rings is 1. The number of nitrogens with zero attached hydrogens (tertiary/aromatic N) is 2. The van der Waals surface area contributed by atoms with Gasteiger partial charge in [0.25, 0.3) is 5.69 Å². The lowest BCUT2D eigenvalue weighted by atomic mass is 10.2. The Labute approximate surface area is 117 Å². The van der Waals surface area contributed by atoms with Crippen molar-refractivity contribution in [3.8, 4) is 11.3 Å². The number of aromatic nitrogens is 1. The highest BCUT2D eigenvalue weighted by atomic mass is 16.6. The highest BCUT2D eigenvalue weighted by molar-refractivity contribution is 5.60. The molecule has 0 saturated heterocycles. The molecule has 106 valence electrons. The van der Waals surface area contributed by atoms with Crippen molar-refractivity contribution in [2.75, 3.05) is 6.54 Å². The van der Waals surface area contributed by atoms with Crippen LogP contribution < -0.4 is 5.32 Å². The second kappa shape index (κ2) is 6.29. The molecule has 0 aliphatic rings. The summed E-state index contributed by atoms with van der Waals surface area (Å²) in [6.07, 6.45) is 2.29. The zero-order valence-electron chi connectivity index (χ0n) is 11.5. The predicted octanol–water partition coefficient (Wildman–Crippen LogP) is 2.79. The van der Waals surface area contributed by atoms with E-state index >= 15 is 0 Å². The molecular formula is C14H17N3O3. The van der Waals surface area contributed by atoms with Crippen molar-refractivity contribution in [2.45, 2.75) is 26.3 Å². The van der Waals surface area contributed by atoms with E-state index in [1.165, 1.54) is 12.1 Å². The molecule has 0 fully saturated rings. The average molecular weight is 275 g/mol. The Morgan fingerprint density at radius 2 is 2.25 bits per heavy atom. The molecule has 0 amide bonds. The van der Waals surface area contributed by atoms with Gasteiger partial charge in [-0.3, -0.25) is 10.1 Å². The van der Waals surface area contributed by atoms with Crippen molar-refractivity contribution in [1.82, 2.24) is 10.3 Å². The van der Waals surface area contributed by atoms with Gasteiger partial charge in [-0.05, 0) is 0 Å². The Morgan fingerprint density at radius 3 is 2.95 bits per heavy atom. The van der Waals surface area contributed by atoms with Crippen molar-refractivity contribution in [2.24, 2.45) is 0 Å². The Morgan fingerprint density at radius 1 is 1.45 bits per heavy atom. The predicted molar refractivity (Wildman–Crippen MR) is 75.4 cm³/mol. The van der Waals surface area contributed by atoms with Crippen molar-refractivity contribution in [1.29, 1.82) is 0 Å². The summed E-state index contributed by atoms with van der Waals surface area (Å²) >= 11 is 0. The molecule has 0 aliphatic heterocycles. The van der Waals surface area contributed by atoms with Gasteiger partial charge in [0.15, 0.2) is 11.7 Å². The van der Waals surface area contributed by atoms with Crippen LogP contribution in [0.5, 0.6) is 0 Å². The van der Waals surface area contributed by atoms with Crippen molar-refractivity contribution in [3.05, 3.63) is 46.5 Å². The average Bonchev–Trinajstić information content (AvgIpc) is 2.87. The molecule has 0 unspecified atom stereocenters. The molecule has 2 rings (SSSR count). The third-order valence-electron chi connectivity index (χ3n) is 2.79. The number of nitro groups is 1. The van der Waals surface area contributed by atoms with E-state index in [2.05, 4.69) is 24.1 Å². The van der Waals surface area contributed by atoms with Gasteiger partial charge in [0.1, 0.15) is 0 Å². The van der Waals surface area contributed by atoms with Gasteiger partial charge < -0.3 is 9.73 Å². The van der Waals surface area contributed by atoms with Crippen LogP contribution in [0.15, 0.2) is 34.9 Å². The maximum atomic E-state index is 10.7. The minimum absolute atomic E-state index is 0.0434. The Bertz CT molecular complexity index is 593. The minimum atomic E-state index is -0.423. The molecule has 1 aromatic carbocycles. The summed E-state index contributed by atoms with van der Waals surface area (Å²) in [5.41, 5.74) is 0.705. The molecule has 2 aromatic rings. The highest BCUT2D eigenvalue weighted by Crippen LogP contribution is 2.24. The molecule has 0 radical (unpaired) electrons. The van der Waals surface area contributed by atoms with E-state index in [9.17, 15) is 10.1 Å². The second-order valence-electron chi connectivity index (χ2n) is 4.78. The summed E-state index contributed by atoms with van der Waals surface area (Å²) in [4.78, 5) is 14.5. The smallest absolute Gasteiger partial charge is 0.270 e. The van der Waals surface area contributed by atoms with Crippen LogP contribution in [0.3, 0.4) is 0 Å². The van der Waals surface area contributed by atoms with Crippen LogP contribution in [0, 0.1) is 10.1 Å². The number of non-ortho nitro benzene ring substituents is 1. The number of hydrogen-bond acceptors (Lipinski definition) is 5. The van der Waals surface area contributed by atoms with E-state index in [4.69, 9.17) is 4.42 Å². The third-order valence-corrected chi connectivity index (χ3v) is 2.79. The summed E-state index contributed by atoms with van der Waals surface area (Å²) in [6.45, 7) is 4.93. The highest BCUT2D eigenvalue weighted by Gasteiger charge is 2.11. The number of nitro benzene ring substituents is 1. The molecule has 6 heteroatoms. The lowest BCUT2D eigenvalue weighted by Crippen LogP contribution is -2.24.